The number of nitrogens with one attached hydrogen (secondary N) is 1. The van der Waals surface area contributed by atoms with Crippen LogP contribution in [0.25, 0.3) is 0 Å². The molecule has 0 aliphatic rings. The number of benzene rings is 2. The summed E-state index contributed by atoms with van der Waals surface area (Å²) < 4.78 is 5.45. The highest BCUT2D eigenvalue weighted by Gasteiger charge is 2.08. The molecule has 0 saturated heterocycles. The number of carbonyl (C=O) groups is 2. The Kier molecular flexibility index (Phi) is 6.55. The lowest BCUT2D eigenvalue weighted by Gasteiger charge is -2.13. The Labute approximate surface area is 142 Å². The van der Waals surface area contributed by atoms with Crippen molar-refractivity contribution < 1.29 is 14.3 Å². The minimum Gasteiger partial charge on any atom is -0.484 e. The molecular weight excluding hydrogens is 302 g/mol. The molecule has 0 fully saturated rings. The zero-order chi connectivity index (χ0) is 17.4. The van der Waals surface area contributed by atoms with Crippen LogP contribution in [0.4, 0.5) is 0 Å². The molecule has 1 unspecified atom stereocenters. The normalized spacial score (nSPS) is 11.6. The molecule has 0 spiro atoms. The second-order valence-corrected chi connectivity index (χ2v) is 5.71. The summed E-state index contributed by atoms with van der Waals surface area (Å²) in [6.07, 6.45) is 0.474. The number of ketones is 1. The predicted octanol–water partition coefficient (Wildman–Crippen LogP) is 3.58. The Morgan fingerprint density at radius 3 is 2.33 bits per heavy atom. The van der Waals surface area contributed by atoms with Gasteiger partial charge in [-0.05, 0) is 35.7 Å². The maximum atomic E-state index is 11.9. The van der Waals surface area contributed by atoms with E-state index in [9.17, 15) is 9.59 Å². The fourth-order valence-corrected chi connectivity index (χ4v) is 2.31. The molecule has 4 nitrogen and oxygen atoms in total. The largest absolute Gasteiger partial charge is 0.484 e. The molecule has 4 heteroatoms. The number of rotatable bonds is 8. The van der Waals surface area contributed by atoms with Crippen LogP contribution in [0, 0.1) is 0 Å². The number of Topliss-reactive ketones (excluding diaryl/α,β-unsaturated/α-hetero) is 1. The van der Waals surface area contributed by atoms with Crippen molar-refractivity contribution in [3.63, 3.8) is 0 Å². The smallest absolute Gasteiger partial charge is 0.257 e. The third-order valence-electron chi connectivity index (χ3n) is 3.84. The van der Waals surface area contributed by atoms with Crippen molar-refractivity contribution in [1.82, 2.24) is 5.32 Å². The molecule has 0 aliphatic carbocycles. The van der Waals surface area contributed by atoms with E-state index < -0.39 is 0 Å². The number of carbonyl (C=O) groups excluding carboxylic acids is 2. The van der Waals surface area contributed by atoms with Crippen LogP contribution in [0.1, 0.15) is 42.1 Å². The van der Waals surface area contributed by atoms with Gasteiger partial charge >= 0.3 is 0 Å². The molecular formula is C20H23NO3. The van der Waals surface area contributed by atoms with Crippen molar-refractivity contribution in [2.45, 2.75) is 26.2 Å². The van der Waals surface area contributed by atoms with E-state index in [4.69, 9.17) is 4.74 Å². The van der Waals surface area contributed by atoms with Gasteiger partial charge in [-0.25, -0.2) is 0 Å². The van der Waals surface area contributed by atoms with E-state index in [1.54, 1.807) is 24.3 Å². The standard InChI is InChI=1S/C20H23NO3/c1-3-19(22)17-9-11-18(12-10-17)24-14-20(23)21-13-15(2)16-7-5-4-6-8-16/h4-12,15H,3,13-14H2,1-2H3,(H,21,23). The van der Waals surface area contributed by atoms with Crippen LogP contribution in [-0.2, 0) is 4.79 Å². The Morgan fingerprint density at radius 2 is 1.71 bits per heavy atom. The molecule has 126 valence electrons. The van der Waals surface area contributed by atoms with Gasteiger partial charge in [-0.2, -0.15) is 0 Å². The number of ether oxygens (including phenoxy) is 1. The van der Waals surface area contributed by atoms with Gasteiger partial charge in [0.15, 0.2) is 12.4 Å². The SMILES string of the molecule is CCC(=O)c1ccc(OCC(=O)NCC(C)c2ccccc2)cc1. The van der Waals surface area contributed by atoms with E-state index in [0.717, 1.165) is 0 Å². The van der Waals surface area contributed by atoms with E-state index >= 15 is 0 Å². The van der Waals surface area contributed by atoms with Crippen LogP contribution < -0.4 is 10.1 Å². The molecule has 0 radical (unpaired) electrons. The molecule has 2 aromatic carbocycles. The van der Waals surface area contributed by atoms with Crippen LogP contribution in [0.5, 0.6) is 5.75 Å². The van der Waals surface area contributed by atoms with Crippen LogP contribution in [-0.4, -0.2) is 24.8 Å². The van der Waals surface area contributed by atoms with Crippen molar-refractivity contribution in [2.75, 3.05) is 13.2 Å². The third kappa shape index (κ3) is 5.23. The van der Waals surface area contributed by atoms with Gasteiger partial charge in [-0.15, -0.1) is 0 Å². The minimum atomic E-state index is -0.161. The minimum absolute atomic E-state index is 0.0391. The fourth-order valence-electron chi connectivity index (χ4n) is 2.31. The summed E-state index contributed by atoms with van der Waals surface area (Å²) in [5.41, 5.74) is 1.85. The van der Waals surface area contributed by atoms with Crippen molar-refractivity contribution in [1.29, 1.82) is 0 Å². The third-order valence-corrected chi connectivity index (χ3v) is 3.84. The maximum Gasteiger partial charge on any atom is 0.257 e. The first kappa shape index (κ1) is 17.7. The fraction of sp³-hybridized carbons (Fsp3) is 0.300. The van der Waals surface area contributed by atoms with Crippen molar-refractivity contribution in [3.8, 4) is 5.75 Å². The molecule has 0 aliphatic heterocycles. The Morgan fingerprint density at radius 1 is 1.04 bits per heavy atom. The first-order chi connectivity index (χ1) is 11.6. The topological polar surface area (TPSA) is 55.4 Å². The highest BCUT2D eigenvalue weighted by atomic mass is 16.5. The number of amides is 1. The molecule has 1 atom stereocenters. The second kappa shape index (κ2) is 8.87. The zero-order valence-electron chi connectivity index (χ0n) is 14.1. The molecule has 1 amide bonds. The van der Waals surface area contributed by atoms with Gasteiger partial charge in [0.2, 0.25) is 0 Å². The van der Waals surface area contributed by atoms with E-state index in [0.29, 0.717) is 24.3 Å². The van der Waals surface area contributed by atoms with E-state index in [1.165, 1.54) is 5.56 Å². The molecule has 2 aromatic rings. The second-order valence-electron chi connectivity index (χ2n) is 5.71. The summed E-state index contributed by atoms with van der Waals surface area (Å²) in [5.74, 6) is 0.754. The Balaban J connectivity index is 1.76. The molecule has 0 saturated carbocycles. The van der Waals surface area contributed by atoms with Gasteiger partial charge in [-0.3, -0.25) is 9.59 Å². The van der Waals surface area contributed by atoms with Crippen LogP contribution in [0.15, 0.2) is 54.6 Å². The quantitative estimate of drug-likeness (QED) is 0.755. The Bertz CT molecular complexity index is 665. The van der Waals surface area contributed by atoms with E-state index in [-0.39, 0.29) is 24.2 Å². The van der Waals surface area contributed by atoms with Gasteiger partial charge < -0.3 is 10.1 Å². The zero-order valence-corrected chi connectivity index (χ0v) is 14.1. The summed E-state index contributed by atoms with van der Waals surface area (Å²) in [5, 5.41) is 2.87. The molecule has 2 rings (SSSR count). The van der Waals surface area contributed by atoms with Crippen molar-refractivity contribution in [3.05, 3.63) is 65.7 Å². The highest BCUT2D eigenvalue weighted by Crippen LogP contribution is 2.14. The van der Waals surface area contributed by atoms with Crippen LogP contribution in [0.3, 0.4) is 0 Å². The van der Waals surface area contributed by atoms with Crippen LogP contribution >= 0.6 is 0 Å². The van der Waals surface area contributed by atoms with Gasteiger partial charge in [0.1, 0.15) is 5.75 Å². The molecule has 0 aromatic heterocycles. The average Bonchev–Trinajstić information content (AvgIpc) is 2.64. The van der Waals surface area contributed by atoms with E-state index in [2.05, 4.69) is 12.2 Å². The number of hydrogen-bond donors (Lipinski definition) is 1. The molecule has 0 heterocycles. The first-order valence-electron chi connectivity index (χ1n) is 8.18. The molecule has 0 bridgehead atoms. The van der Waals surface area contributed by atoms with Gasteiger partial charge in [0, 0.05) is 18.5 Å². The van der Waals surface area contributed by atoms with Gasteiger partial charge in [0.05, 0.1) is 0 Å². The predicted molar refractivity (Wildman–Crippen MR) is 94.4 cm³/mol. The lowest BCUT2D eigenvalue weighted by Crippen LogP contribution is -2.31. The van der Waals surface area contributed by atoms with Crippen molar-refractivity contribution in [2.24, 2.45) is 0 Å². The van der Waals surface area contributed by atoms with Gasteiger partial charge in [-0.1, -0.05) is 44.2 Å². The molecule has 1 N–H and O–H groups in total. The lowest BCUT2D eigenvalue weighted by atomic mass is 10.0. The van der Waals surface area contributed by atoms with Crippen LogP contribution in [0.2, 0.25) is 0 Å². The summed E-state index contributed by atoms with van der Waals surface area (Å²) in [7, 11) is 0. The van der Waals surface area contributed by atoms with Gasteiger partial charge in [0.25, 0.3) is 5.91 Å². The number of hydrogen-bond acceptors (Lipinski definition) is 3. The summed E-state index contributed by atoms with van der Waals surface area (Å²) in [4.78, 5) is 23.4. The Hall–Kier alpha value is -2.62. The first-order valence-corrected chi connectivity index (χ1v) is 8.18. The monoisotopic (exact) mass is 325 g/mol. The average molecular weight is 325 g/mol. The van der Waals surface area contributed by atoms with Crippen molar-refractivity contribution >= 4 is 11.7 Å². The van der Waals surface area contributed by atoms with E-state index in [1.807, 2.05) is 37.3 Å². The summed E-state index contributed by atoms with van der Waals surface area (Å²) >= 11 is 0. The maximum absolute atomic E-state index is 11.9. The summed E-state index contributed by atoms with van der Waals surface area (Å²) in [6, 6.07) is 16.9. The summed E-state index contributed by atoms with van der Waals surface area (Å²) in [6.45, 7) is 4.42. The molecule has 24 heavy (non-hydrogen) atoms. The highest BCUT2D eigenvalue weighted by molar-refractivity contribution is 5.95. The lowest BCUT2D eigenvalue weighted by molar-refractivity contribution is -0.123.